The molecule has 2 rings (SSSR count). The largest absolute Gasteiger partial charge is 0.421 e. The van der Waals surface area contributed by atoms with Crippen LogP contribution in [-0.4, -0.2) is 4.89 Å². The van der Waals surface area contributed by atoms with Gasteiger partial charge in [-0.05, 0) is 36.4 Å². The smallest absolute Gasteiger partial charge is 0.408 e. The summed E-state index contributed by atoms with van der Waals surface area (Å²) in [4.78, 5) is 9.88. The van der Waals surface area contributed by atoms with Crippen molar-refractivity contribution in [1.82, 2.24) is 0 Å². The Morgan fingerprint density at radius 3 is 2.22 bits per heavy atom. The van der Waals surface area contributed by atoms with Gasteiger partial charge in [0.1, 0.15) is 5.75 Å². The van der Waals surface area contributed by atoms with Crippen molar-refractivity contribution >= 4 is 12.9 Å². The molecule has 0 amide bonds. The Balaban J connectivity index is 2.25. The molecular formula is C14H11O3P. The Morgan fingerprint density at radius 1 is 1.06 bits per heavy atom. The highest BCUT2D eigenvalue weighted by molar-refractivity contribution is 7.61. The molecule has 2 aromatic rings. The fourth-order valence-corrected chi connectivity index (χ4v) is 2.46. The van der Waals surface area contributed by atoms with E-state index in [9.17, 15) is 9.46 Å². The summed E-state index contributed by atoms with van der Waals surface area (Å²) >= 11 is 0. The molecule has 0 fully saturated rings. The molecule has 0 aliphatic carbocycles. The number of terminal acetylenes is 1. The van der Waals surface area contributed by atoms with E-state index in [-0.39, 0.29) is 5.30 Å². The maximum absolute atomic E-state index is 12.1. The number of para-hydroxylation sites is 1. The first-order chi connectivity index (χ1) is 8.62. The van der Waals surface area contributed by atoms with Gasteiger partial charge in [0, 0.05) is 5.56 Å². The average Bonchev–Trinajstić information content (AvgIpc) is 2.39. The van der Waals surface area contributed by atoms with Gasteiger partial charge in [0.15, 0.2) is 0 Å². The van der Waals surface area contributed by atoms with Crippen molar-refractivity contribution in [2.75, 3.05) is 0 Å². The zero-order valence-corrected chi connectivity index (χ0v) is 10.4. The molecule has 1 N–H and O–H groups in total. The van der Waals surface area contributed by atoms with Crippen LogP contribution in [0.25, 0.3) is 0 Å². The Labute approximate surface area is 106 Å². The molecule has 0 bridgehead atoms. The van der Waals surface area contributed by atoms with Gasteiger partial charge in [-0.15, -0.1) is 6.42 Å². The molecule has 0 radical (unpaired) electrons. The first-order valence-electron chi connectivity index (χ1n) is 5.26. The molecule has 0 saturated heterocycles. The van der Waals surface area contributed by atoms with E-state index in [1.165, 1.54) is 12.1 Å². The second-order valence-corrected chi connectivity index (χ2v) is 5.36. The lowest BCUT2D eigenvalue weighted by Crippen LogP contribution is -2.08. The van der Waals surface area contributed by atoms with E-state index in [1.807, 2.05) is 0 Å². The van der Waals surface area contributed by atoms with Crippen LogP contribution in [0.4, 0.5) is 0 Å². The molecule has 0 saturated carbocycles. The van der Waals surface area contributed by atoms with Crippen molar-refractivity contribution in [3.8, 4) is 18.1 Å². The molecule has 1 unspecified atom stereocenters. The van der Waals surface area contributed by atoms with Crippen LogP contribution in [0.5, 0.6) is 5.75 Å². The van der Waals surface area contributed by atoms with Crippen LogP contribution in [-0.2, 0) is 4.57 Å². The standard InChI is InChI=1S/C14H11O3P/c1-2-12-8-10-14(11-9-12)18(15,16)17-13-6-4-3-5-7-13/h1,3-11H,(H,15,16). The molecule has 2 aromatic carbocycles. The van der Waals surface area contributed by atoms with Crippen molar-refractivity contribution in [1.29, 1.82) is 0 Å². The maximum atomic E-state index is 12.1. The molecule has 0 aliphatic rings. The van der Waals surface area contributed by atoms with E-state index in [2.05, 4.69) is 5.92 Å². The number of benzene rings is 2. The molecule has 0 spiro atoms. The van der Waals surface area contributed by atoms with Crippen LogP contribution in [0, 0.1) is 12.3 Å². The third-order valence-corrected chi connectivity index (χ3v) is 3.74. The summed E-state index contributed by atoms with van der Waals surface area (Å²) in [5.74, 6) is 2.79. The molecule has 0 aliphatic heterocycles. The van der Waals surface area contributed by atoms with Crippen LogP contribution < -0.4 is 9.83 Å². The average molecular weight is 258 g/mol. The highest BCUT2D eigenvalue weighted by Gasteiger charge is 2.23. The quantitative estimate of drug-likeness (QED) is 0.679. The zero-order chi connectivity index (χ0) is 13.0. The van der Waals surface area contributed by atoms with E-state index in [4.69, 9.17) is 10.9 Å². The zero-order valence-electron chi connectivity index (χ0n) is 9.48. The minimum absolute atomic E-state index is 0.213. The van der Waals surface area contributed by atoms with E-state index < -0.39 is 7.60 Å². The minimum atomic E-state index is -3.87. The van der Waals surface area contributed by atoms with E-state index in [1.54, 1.807) is 42.5 Å². The van der Waals surface area contributed by atoms with Gasteiger partial charge in [0.25, 0.3) is 0 Å². The number of rotatable bonds is 3. The molecule has 0 aromatic heterocycles. The summed E-state index contributed by atoms with van der Waals surface area (Å²) in [6, 6.07) is 14.7. The van der Waals surface area contributed by atoms with Gasteiger partial charge in [-0.1, -0.05) is 24.1 Å². The first-order valence-corrected chi connectivity index (χ1v) is 6.84. The Kier molecular flexibility index (Phi) is 3.53. The van der Waals surface area contributed by atoms with Crippen molar-refractivity contribution in [3.63, 3.8) is 0 Å². The fraction of sp³-hybridized carbons (Fsp3) is 0. The Hall–Kier alpha value is -2.01. The lowest BCUT2D eigenvalue weighted by atomic mass is 10.2. The molecule has 90 valence electrons. The highest BCUT2D eigenvalue weighted by atomic mass is 31.2. The van der Waals surface area contributed by atoms with Gasteiger partial charge in [-0.25, -0.2) is 4.57 Å². The van der Waals surface area contributed by atoms with Crippen LogP contribution >= 0.6 is 7.60 Å². The van der Waals surface area contributed by atoms with Crippen LogP contribution in [0.15, 0.2) is 54.6 Å². The normalized spacial score (nSPS) is 13.3. The molecule has 0 heterocycles. The first kappa shape index (κ1) is 12.4. The van der Waals surface area contributed by atoms with Crippen molar-refractivity contribution in [2.24, 2.45) is 0 Å². The Bertz CT molecular complexity index is 612. The molecule has 1 atom stereocenters. The molecule has 4 heteroatoms. The fourth-order valence-electron chi connectivity index (χ4n) is 1.42. The lowest BCUT2D eigenvalue weighted by Gasteiger charge is -2.13. The minimum Gasteiger partial charge on any atom is -0.421 e. The summed E-state index contributed by atoms with van der Waals surface area (Å²) in [6.45, 7) is 0. The van der Waals surface area contributed by atoms with Crippen molar-refractivity contribution in [2.45, 2.75) is 0 Å². The van der Waals surface area contributed by atoms with Crippen molar-refractivity contribution < 1.29 is 14.0 Å². The highest BCUT2D eigenvalue weighted by Crippen LogP contribution is 2.41. The van der Waals surface area contributed by atoms with Gasteiger partial charge >= 0.3 is 7.60 Å². The predicted octanol–water partition coefficient (Wildman–Crippen LogP) is 2.56. The summed E-state index contributed by atoms with van der Waals surface area (Å²) in [6.07, 6.45) is 5.22. The lowest BCUT2D eigenvalue weighted by molar-refractivity contribution is 0.393. The van der Waals surface area contributed by atoms with Gasteiger partial charge in [-0.2, -0.15) is 0 Å². The maximum Gasteiger partial charge on any atom is 0.408 e. The van der Waals surface area contributed by atoms with Gasteiger partial charge in [-0.3, -0.25) is 0 Å². The Morgan fingerprint density at radius 2 is 1.67 bits per heavy atom. The van der Waals surface area contributed by atoms with E-state index >= 15 is 0 Å². The van der Waals surface area contributed by atoms with E-state index in [0.717, 1.165) is 0 Å². The van der Waals surface area contributed by atoms with Gasteiger partial charge < -0.3 is 9.42 Å². The third-order valence-electron chi connectivity index (χ3n) is 2.33. The second-order valence-electron chi connectivity index (χ2n) is 3.62. The number of hydrogen-bond acceptors (Lipinski definition) is 2. The number of hydrogen-bond donors (Lipinski definition) is 1. The monoisotopic (exact) mass is 258 g/mol. The third kappa shape index (κ3) is 2.81. The summed E-state index contributed by atoms with van der Waals surface area (Å²) in [5.41, 5.74) is 0.651. The van der Waals surface area contributed by atoms with Crippen LogP contribution in [0.1, 0.15) is 5.56 Å². The molecule has 3 nitrogen and oxygen atoms in total. The second kappa shape index (κ2) is 5.10. The molecule has 18 heavy (non-hydrogen) atoms. The molecular weight excluding hydrogens is 247 g/mol. The van der Waals surface area contributed by atoms with Crippen LogP contribution in [0.3, 0.4) is 0 Å². The van der Waals surface area contributed by atoms with E-state index in [0.29, 0.717) is 11.3 Å². The summed E-state index contributed by atoms with van der Waals surface area (Å²) in [7, 11) is -3.87. The van der Waals surface area contributed by atoms with Crippen LogP contribution in [0.2, 0.25) is 0 Å². The van der Waals surface area contributed by atoms with Crippen molar-refractivity contribution in [3.05, 3.63) is 60.2 Å². The topological polar surface area (TPSA) is 46.5 Å². The SMILES string of the molecule is C#Cc1ccc(P(=O)(O)Oc2ccccc2)cc1. The predicted molar refractivity (Wildman–Crippen MR) is 70.9 cm³/mol. The summed E-state index contributed by atoms with van der Waals surface area (Å²) in [5, 5.41) is 0.213. The van der Waals surface area contributed by atoms with Gasteiger partial charge in [0.05, 0.1) is 5.30 Å². The summed E-state index contributed by atoms with van der Waals surface area (Å²) < 4.78 is 17.2. The van der Waals surface area contributed by atoms with Gasteiger partial charge in [0.2, 0.25) is 0 Å².